The first kappa shape index (κ1) is 11.5. The van der Waals surface area contributed by atoms with Crippen LogP contribution < -0.4 is 10.6 Å². The van der Waals surface area contributed by atoms with Gasteiger partial charge in [-0.25, -0.2) is 9.59 Å². The Labute approximate surface area is 75.9 Å². The molecule has 2 unspecified atom stereocenters. The van der Waals surface area contributed by atoms with E-state index in [-0.39, 0.29) is 12.1 Å². The zero-order chi connectivity index (χ0) is 10.4. The van der Waals surface area contributed by atoms with Gasteiger partial charge in [-0.3, -0.25) is 0 Å². The monoisotopic (exact) mass is 190 g/mol. The van der Waals surface area contributed by atoms with Crippen LogP contribution >= 0.6 is 0 Å². The molecule has 0 heterocycles. The minimum atomic E-state index is -1.10. The van der Waals surface area contributed by atoms with Crippen LogP contribution in [-0.2, 0) is 0 Å². The Morgan fingerprint density at radius 3 is 1.62 bits per heavy atom. The van der Waals surface area contributed by atoms with Crippen molar-refractivity contribution in [3.8, 4) is 0 Å². The maximum Gasteiger partial charge on any atom is 0.404 e. The van der Waals surface area contributed by atoms with Gasteiger partial charge < -0.3 is 20.8 Å². The molecule has 76 valence electrons. The third kappa shape index (κ3) is 6.92. The lowest BCUT2D eigenvalue weighted by Gasteiger charge is -2.16. The van der Waals surface area contributed by atoms with Crippen molar-refractivity contribution < 1.29 is 19.8 Å². The molecular formula is C7H14N2O4. The second-order valence-corrected chi connectivity index (χ2v) is 2.94. The number of hydrogen-bond donors (Lipinski definition) is 4. The Morgan fingerprint density at radius 1 is 1.08 bits per heavy atom. The minimum Gasteiger partial charge on any atom is -0.465 e. The zero-order valence-electron chi connectivity index (χ0n) is 7.57. The van der Waals surface area contributed by atoms with E-state index >= 15 is 0 Å². The third-order valence-corrected chi connectivity index (χ3v) is 1.45. The summed E-state index contributed by atoms with van der Waals surface area (Å²) < 4.78 is 0. The summed E-state index contributed by atoms with van der Waals surface area (Å²) in [4.78, 5) is 20.3. The average molecular weight is 190 g/mol. The van der Waals surface area contributed by atoms with Crippen LogP contribution in [0.2, 0.25) is 0 Å². The highest BCUT2D eigenvalue weighted by Gasteiger charge is 2.11. The second kappa shape index (κ2) is 5.23. The predicted octanol–water partition coefficient (Wildman–Crippen LogP) is 0.689. The highest BCUT2D eigenvalue weighted by atomic mass is 16.4. The van der Waals surface area contributed by atoms with E-state index < -0.39 is 12.2 Å². The summed E-state index contributed by atoms with van der Waals surface area (Å²) >= 11 is 0. The molecule has 0 saturated heterocycles. The van der Waals surface area contributed by atoms with Crippen LogP contribution in [0.5, 0.6) is 0 Å². The van der Waals surface area contributed by atoms with Crippen molar-refractivity contribution in [2.45, 2.75) is 32.4 Å². The molecule has 6 heteroatoms. The normalized spacial score (nSPS) is 14.3. The minimum absolute atomic E-state index is 0.264. The van der Waals surface area contributed by atoms with Gasteiger partial charge in [0.15, 0.2) is 0 Å². The molecular weight excluding hydrogens is 176 g/mol. The molecule has 0 aliphatic carbocycles. The Kier molecular flexibility index (Phi) is 4.64. The predicted molar refractivity (Wildman–Crippen MR) is 45.9 cm³/mol. The van der Waals surface area contributed by atoms with Crippen molar-refractivity contribution in [3.63, 3.8) is 0 Å². The summed E-state index contributed by atoms with van der Waals surface area (Å²) in [5, 5.41) is 21.1. The summed E-state index contributed by atoms with van der Waals surface area (Å²) in [7, 11) is 0. The molecule has 0 aliphatic rings. The molecule has 0 spiro atoms. The first-order valence-electron chi connectivity index (χ1n) is 3.90. The number of carbonyl (C=O) groups is 2. The summed E-state index contributed by atoms with van der Waals surface area (Å²) in [5.41, 5.74) is 0. The van der Waals surface area contributed by atoms with Gasteiger partial charge in [-0.1, -0.05) is 0 Å². The van der Waals surface area contributed by atoms with E-state index in [4.69, 9.17) is 10.2 Å². The van der Waals surface area contributed by atoms with E-state index in [9.17, 15) is 9.59 Å². The third-order valence-electron chi connectivity index (χ3n) is 1.45. The van der Waals surface area contributed by atoms with Crippen molar-refractivity contribution in [3.05, 3.63) is 0 Å². The fourth-order valence-corrected chi connectivity index (χ4v) is 1.07. The molecule has 0 aliphatic heterocycles. The van der Waals surface area contributed by atoms with Crippen molar-refractivity contribution in [2.75, 3.05) is 0 Å². The highest BCUT2D eigenvalue weighted by molar-refractivity contribution is 5.65. The SMILES string of the molecule is CC(CC(C)NC(=O)O)NC(=O)O. The standard InChI is InChI=1S/C7H14N2O4/c1-4(8-6(10)11)3-5(2)9-7(12)13/h4-5,8-9H,3H2,1-2H3,(H,10,11)(H,12,13). The summed E-state index contributed by atoms with van der Waals surface area (Å²) in [6, 6.07) is -0.529. The molecule has 0 radical (unpaired) electrons. The fourth-order valence-electron chi connectivity index (χ4n) is 1.07. The Bertz CT molecular complexity index is 175. The highest BCUT2D eigenvalue weighted by Crippen LogP contribution is 1.96. The van der Waals surface area contributed by atoms with Gasteiger partial charge in [-0.05, 0) is 20.3 Å². The lowest BCUT2D eigenvalue weighted by atomic mass is 10.1. The average Bonchev–Trinajstić information content (AvgIpc) is 1.80. The van der Waals surface area contributed by atoms with Gasteiger partial charge in [0.05, 0.1) is 0 Å². The van der Waals surface area contributed by atoms with Crippen LogP contribution in [0.3, 0.4) is 0 Å². The molecule has 0 saturated carbocycles. The van der Waals surface area contributed by atoms with Gasteiger partial charge in [0, 0.05) is 12.1 Å². The number of carboxylic acid groups (broad SMARTS) is 2. The van der Waals surface area contributed by atoms with E-state index in [2.05, 4.69) is 10.6 Å². The van der Waals surface area contributed by atoms with E-state index in [1.54, 1.807) is 13.8 Å². The second-order valence-electron chi connectivity index (χ2n) is 2.94. The zero-order valence-corrected chi connectivity index (χ0v) is 7.57. The van der Waals surface area contributed by atoms with Gasteiger partial charge in [0.2, 0.25) is 0 Å². The molecule has 6 nitrogen and oxygen atoms in total. The van der Waals surface area contributed by atoms with Crippen molar-refractivity contribution in [2.24, 2.45) is 0 Å². The Morgan fingerprint density at radius 2 is 1.38 bits per heavy atom. The molecule has 0 fully saturated rings. The lowest BCUT2D eigenvalue weighted by molar-refractivity contribution is 0.185. The Hall–Kier alpha value is -1.46. The maximum atomic E-state index is 10.2. The smallest absolute Gasteiger partial charge is 0.404 e. The molecule has 4 N–H and O–H groups in total. The summed E-state index contributed by atoms with van der Waals surface area (Å²) in [6.07, 6.45) is -1.77. The van der Waals surface area contributed by atoms with Gasteiger partial charge in [-0.2, -0.15) is 0 Å². The number of hydrogen-bond acceptors (Lipinski definition) is 2. The lowest BCUT2D eigenvalue weighted by Crippen LogP contribution is -2.39. The first-order valence-corrected chi connectivity index (χ1v) is 3.90. The van der Waals surface area contributed by atoms with E-state index in [0.717, 1.165) is 0 Å². The van der Waals surface area contributed by atoms with Crippen molar-refractivity contribution >= 4 is 12.2 Å². The summed E-state index contributed by atoms with van der Waals surface area (Å²) in [5.74, 6) is 0. The maximum absolute atomic E-state index is 10.2. The number of amides is 2. The molecule has 0 rings (SSSR count). The number of nitrogens with one attached hydrogen (secondary N) is 2. The molecule has 0 aromatic carbocycles. The summed E-state index contributed by atoms with van der Waals surface area (Å²) in [6.45, 7) is 3.35. The van der Waals surface area contributed by atoms with Gasteiger partial charge >= 0.3 is 12.2 Å². The van der Waals surface area contributed by atoms with Crippen LogP contribution in [0.4, 0.5) is 9.59 Å². The van der Waals surface area contributed by atoms with E-state index in [1.165, 1.54) is 0 Å². The van der Waals surface area contributed by atoms with Gasteiger partial charge in [-0.15, -0.1) is 0 Å². The van der Waals surface area contributed by atoms with Crippen molar-refractivity contribution in [1.82, 2.24) is 10.6 Å². The van der Waals surface area contributed by atoms with Crippen LogP contribution in [0, 0.1) is 0 Å². The Balaban J connectivity index is 3.70. The van der Waals surface area contributed by atoms with Gasteiger partial charge in [0.1, 0.15) is 0 Å². The van der Waals surface area contributed by atoms with Crippen LogP contribution in [-0.4, -0.2) is 34.5 Å². The molecule has 2 amide bonds. The molecule has 0 bridgehead atoms. The largest absolute Gasteiger partial charge is 0.465 e. The molecule has 0 aromatic heterocycles. The van der Waals surface area contributed by atoms with E-state index in [0.29, 0.717) is 6.42 Å². The topological polar surface area (TPSA) is 98.7 Å². The van der Waals surface area contributed by atoms with Crippen molar-refractivity contribution in [1.29, 1.82) is 0 Å². The molecule has 13 heavy (non-hydrogen) atoms. The number of rotatable bonds is 4. The van der Waals surface area contributed by atoms with Crippen LogP contribution in [0.1, 0.15) is 20.3 Å². The molecule has 2 atom stereocenters. The quantitative estimate of drug-likeness (QED) is 0.524. The van der Waals surface area contributed by atoms with Crippen LogP contribution in [0.15, 0.2) is 0 Å². The molecule has 0 aromatic rings. The van der Waals surface area contributed by atoms with Crippen LogP contribution in [0.25, 0.3) is 0 Å². The fraction of sp³-hybridized carbons (Fsp3) is 0.714. The van der Waals surface area contributed by atoms with E-state index in [1.807, 2.05) is 0 Å². The first-order chi connectivity index (χ1) is 5.91. The van der Waals surface area contributed by atoms with Gasteiger partial charge in [0.25, 0.3) is 0 Å².